The second-order valence-electron chi connectivity index (χ2n) is 5.05. The Morgan fingerprint density at radius 1 is 1.10 bits per heavy atom. The van der Waals surface area contributed by atoms with Gasteiger partial charge in [0.1, 0.15) is 12.4 Å². The first kappa shape index (κ1) is 16.0. The monoisotopic (exact) mass is 349 g/mol. The normalized spacial score (nSPS) is 13.7. The number of methoxy groups -OCH3 is 1. The summed E-state index contributed by atoms with van der Waals surface area (Å²) in [5.74, 6) is 0.791. The van der Waals surface area contributed by atoms with Crippen molar-refractivity contribution in [2.45, 2.75) is 12.5 Å². The van der Waals surface area contributed by atoms with Crippen LogP contribution < -0.4 is 10.5 Å². The van der Waals surface area contributed by atoms with E-state index in [9.17, 15) is 0 Å². The van der Waals surface area contributed by atoms with Crippen LogP contribution in [0.3, 0.4) is 0 Å². The molecule has 4 heteroatoms. The van der Waals surface area contributed by atoms with Crippen molar-refractivity contribution in [1.82, 2.24) is 0 Å². The minimum atomic E-state index is -0.632. The maximum atomic E-state index is 6.60. The van der Waals surface area contributed by atoms with Crippen molar-refractivity contribution in [3.05, 3.63) is 64.1 Å². The summed E-state index contributed by atoms with van der Waals surface area (Å²) in [5, 5.41) is 0. The van der Waals surface area contributed by atoms with E-state index < -0.39 is 5.54 Å². The Balaban J connectivity index is 2.35. The Morgan fingerprint density at radius 3 is 2.57 bits per heavy atom. The van der Waals surface area contributed by atoms with Crippen molar-refractivity contribution in [1.29, 1.82) is 0 Å². The highest BCUT2D eigenvalue weighted by atomic mass is 79.9. The quantitative estimate of drug-likeness (QED) is 0.808. The minimum absolute atomic E-state index is 0.502. The number of hydrogen-bond acceptors (Lipinski definition) is 3. The Labute approximate surface area is 134 Å². The lowest BCUT2D eigenvalue weighted by atomic mass is 9.85. The van der Waals surface area contributed by atoms with E-state index in [1.807, 2.05) is 55.5 Å². The molecule has 0 aliphatic rings. The van der Waals surface area contributed by atoms with Crippen molar-refractivity contribution in [2.24, 2.45) is 5.73 Å². The lowest BCUT2D eigenvalue weighted by Gasteiger charge is -2.28. The molecule has 2 rings (SSSR count). The van der Waals surface area contributed by atoms with E-state index in [-0.39, 0.29) is 0 Å². The van der Waals surface area contributed by atoms with Crippen LogP contribution in [0.1, 0.15) is 18.1 Å². The Kier molecular flexibility index (Phi) is 5.39. The number of benzene rings is 2. The molecule has 1 atom stereocenters. The Bertz CT molecular complexity index is 599. The Morgan fingerprint density at radius 2 is 1.86 bits per heavy atom. The van der Waals surface area contributed by atoms with E-state index in [1.165, 1.54) is 0 Å². The molecule has 0 radical (unpaired) electrons. The van der Waals surface area contributed by atoms with Crippen LogP contribution in [0.4, 0.5) is 0 Å². The standard InChI is InChI=1S/C17H20BrNO2/c1-17(19,13-6-5-7-14(18)12-13)15-8-3-4-9-16(15)21-11-10-20-2/h3-9,12H,10-11,19H2,1-2H3. The maximum Gasteiger partial charge on any atom is 0.124 e. The smallest absolute Gasteiger partial charge is 0.124 e. The van der Waals surface area contributed by atoms with Crippen molar-refractivity contribution in [2.75, 3.05) is 20.3 Å². The third-order valence-electron chi connectivity index (χ3n) is 3.42. The van der Waals surface area contributed by atoms with Gasteiger partial charge >= 0.3 is 0 Å². The maximum absolute atomic E-state index is 6.60. The lowest BCUT2D eigenvalue weighted by Crippen LogP contribution is -2.34. The van der Waals surface area contributed by atoms with Crippen LogP contribution in [-0.2, 0) is 10.3 Å². The van der Waals surface area contributed by atoms with Gasteiger partial charge in [-0.3, -0.25) is 0 Å². The first-order valence-corrected chi connectivity index (χ1v) is 7.61. The molecular weight excluding hydrogens is 330 g/mol. The molecule has 1 unspecified atom stereocenters. The topological polar surface area (TPSA) is 44.5 Å². The first-order valence-electron chi connectivity index (χ1n) is 6.82. The third-order valence-corrected chi connectivity index (χ3v) is 3.91. The van der Waals surface area contributed by atoms with Gasteiger partial charge in [0, 0.05) is 17.1 Å². The van der Waals surface area contributed by atoms with Gasteiger partial charge in [-0.15, -0.1) is 0 Å². The summed E-state index contributed by atoms with van der Waals surface area (Å²) in [7, 11) is 1.66. The summed E-state index contributed by atoms with van der Waals surface area (Å²) in [6.07, 6.45) is 0. The minimum Gasteiger partial charge on any atom is -0.491 e. The van der Waals surface area contributed by atoms with Gasteiger partial charge in [-0.25, -0.2) is 0 Å². The molecule has 0 aliphatic carbocycles. The molecule has 0 aliphatic heterocycles. The van der Waals surface area contributed by atoms with E-state index in [4.69, 9.17) is 15.2 Å². The number of hydrogen-bond donors (Lipinski definition) is 1. The Hall–Kier alpha value is -1.36. The van der Waals surface area contributed by atoms with Crippen molar-refractivity contribution in [3.8, 4) is 5.75 Å². The van der Waals surface area contributed by atoms with Crippen molar-refractivity contribution < 1.29 is 9.47 Å². The van der Waals surface area contributed by atoms with Gasteiger partial charge in [-0.2, -0.15) is 0 Å². The molecule has 0 amide bonds. The first-order chi connectivity index (χ1) is 10.1. The van der Waals surface area contributed by atoms with E-state index in [2.05, 4.69) is 15.9 Å². The highest BCUT2D eigenvalue weighted by Gasteiger charge is 2.27. The molecule has 0 aromatic heterocycles. The van der Waals surface area contributed by atoms with Crippen LogP contribution in [0.2, 0.25) is 0 Å². The average molecular weight is 350 g/mol. The van der Waals surface area contributed by atoms with Gasteiger partial charge < -0.3 is 15.2 Å². The number of ether oxygens (including phenoxy) is 2. The average Bonchev–Trinajstić information content (AvgIpc) is 2.48. The lowest BCUT2D eigenvalue weighted by molar-refractivity contribution is 0.145. The van der Waals surface area contributed by atoms with E-state index in [0.29, 0.717) is 13.2 Å². The SMILES string of the molecule is COCCOc1ccccc1C(C)(N)c1cccc(Br)c1. The van der Waals surface area contributed by atoms with E-state index >= 15 is 0 Å². The predicted octanol–water partition coefficient (Wildman–Crippen LogP) is 3.70. The fourth-order valence-electron chi connectivity index (χ4n) is 2.22. The van der Waals surface area contributed by atoms with Crippen molar-refractivity contribution >= 4 is 15.9 Å². The number of nitrogens with two attached hydrogens (primary N) is 1. The van der Waals surface area contributed by atoms with Crippen LogP contribution in [-0.4, -0.2) is 20.3 Å². The highest BCUT2D eigenvalue weighted by Crippen LogP contribution is 2.34. The fourth-order valence-corrected chi connectivity index (χ4v) is 2.62. The molecule has 112 valence electrons. The van der Waals surface area contributed by atoms with Gasteiger partial charge in [0.2, 0.25) is 0 Å². The van der Waals surface area contributed by atoms with Crippen molar-refractivity contribution in [3.63, 3.8) is 0 Å². The summed E-state index contributed by atoms with van der Waals surface area (Å²) < 4.78 is 11.8. The van der Waals surface area contributed by atoms with Crippen LogP contribution in [0.25, 0.3) is 0 Å². The molecule has 0 bridgehead atoms. The summed E-state index contributed by atoms with van der Waals surface area (Å²) in [6.45, 7) is 3.04. The van der Waals surface area contributed by atoms with Crippen LogP contribution in [0.15, 0.2) is 53.0 Å². The molecule has 2 N–H and O–H groups in total. The second-order valence-corrected chi connectivity index (χ2v) is 5.97. The molecule has 0 heterocycles. The summed E-state index contributed by atoms with van der Waals surface area (Å²) in [4.78, 5) is 0. The number of halogens is 1. The molecule has 2 aromatic carbocycles. The molecule has 21 heavy (non-hydrogen) atoms. The number of para-hydroxylation sites is 1. The zero-order valence-corrected chi connectivity index (χ0v) is 13.9. The summed E-state index contributed by atoms with van der Waals surface area (Å²) in [5.41, 5.74) is 7.95. The highest BCUT2D eigenvalue weighted by molar-refractivity contribution is 9.10. The van der Waals surface area contributed by atoms with Crippen LogP contribution >= 0.6 is 15.9 Å². The third kappa shape index (κ3) is 3.84. The van der Waals surface area contributed by atoms with Gasteiger partial charge in [0.05, 0.1) is 12.1 Å². The predicted molar refractivity (Wildman–Crippen MR) is 88.6 cm³/mol. The summed E-state index contributed by atoms with van der Waals surface area (Å²) in [6, 6.07) is 15.9. The molecule has 2 aromatic rings. The van der Waals surface area contributed by atoms with Crippen LogP contribution in [0, 0.1) is 0 Å². The largest absolute Gasteiger partial charge is 0.491 e. The zero-order chi connectivity index (χ0) is 15.3. The van der Waals surface area contributed by atoms with Gasteiger partial charge in [0.15, 0.2) is 0 Å². The fraction of sp³-hybridized carbons (Fsp3) is 0.294. The van der Waals surface area contributed by atoms with E-state index in [1.54, 1.807) is 7.11 Å². The molecule has 0 spiro atoms. The van der Waals surface area contributed by atoms with Crippen LogP contribution in [0.5, 0.6) is 5.75 Å². The molecule has 0 saturated heterocycles. The summed E-state index contributed by atoms with van der Waals surface area (Å²) >= 11 is 3.49. The van der Waals surface area contributed by atoms with Gasteiger partial charge in [-0.05, 0) is 30.7 Å². The molecular formula is C17H20BrNO2. The zero-order valence-electron chi connectivity index (χ0n) is 12.3. The van der Waals surface area contributed by atoms with Gasteiger partial charge in [0.25, 0.3) is 0 Å². The molecule has 3 nitrogen and oxygen atoms in total. The number of rotatable bonds is 6. The van der Waals surface area contributed by atoms with Gasteiger partial charge in [-0.1, -0.05) is 46.3 Å². The molecule has 0 fully saturated rings. The van der Waals surface area contributed by atoms with E-state index in [0.717, 1.165) is 21.3 Å². The second kappa shape index (κ2) is 7.07. The molecule has 0 saturated carbocycles.